The van der Waals surface area contributed by atoms with Gasteiger partial charge in [-0.3, -0.25) is 14.4 Å². The van der Waals surface area contributed by atoms with Crippen LogP contribution in [0.1, 0.15) is 31.2 Å². The number of carbonyl (C=O) groups is 3. The van der Waals surface area contributed by atoms with Crippen molar-refractivity contribution in [2.24, 2.45) is 11.8 Å². The lowest BCUT2D eigenvalue weighted by Gasteiger charge is -2.36. The van der Waals surface area contributed by atoms with Crippen molar-refractivity contribution < 1.29 is 19.1 Å². The van der Waals surface area contributed by atoms with E-state index in [4.69, 9.17) is 27.9 Å². The molecular weight excluding hydrogens is 365 g/mol. The molecule has 0 radical (unpaired) electrons. The molecule has 0 unspecified atom stereocenters. The maximum absolute atomic E-state index is 13.0. The minimum absolute atomic E-state index is 0.116. The number of amides is 1. The Hall–Kier alpha value is -1.85. The average molecular weight is 382 g/mol. The lowest BCUT2D eigenvalue weighted by Crippen LogP contribution is -2.44. The fourth-order valence-corrected chi connectivity index (χ4v) is 3.92. The van der Waals surface area contributed by atoms with E-state index in [1.807, 2.05) is 0 Å². The first kappa shape index (κ1) is 18.0. The first-order chi connectivity index (χ1) is 11.8. The summed E-state index contributed by atoms with van der Waals surface area (Å²) in [6.07, 6.45) is 0.551. The van der Waals surface area contributed by atoms with Crippen LogP contribution in [0.15, 0.2) is 29.5 Å². The Labute approximate surface area is 155 Å². The van der Waals surface area contributed by atoms with E-state index < -0.39 is 17.8 Å². The molecule has 1 aliphatic heterocycles. The van der Waals surface area contributed by atoms with E-state index in [1.165, 1.54) is 7.11 Å². The van der Waals surface area contributed by atoms with Gasteiger partial charge < -0.3 is 10.1 Å². The molecule has 1 amide bonds. The highest BCUT2D eigenvalue weighted by Crippen LogP contribution is 2.42. The van der Waals surface area contributed by atoms with Gasteiger partial charge in [0.1, 0.15) is 5.92 Å². The number of nitrogens with one attached hydrogen (secondary N) is 1. The van der Waals surface area contributed by atoms with Crippen molar-refractivity contribution in [3.05, 3.63) is 45.1 Å². The zero-order valence-electron chi connectivity index (χ0n) is 13.8. The number of hydrogen-bond donors (Lipinski definition) is 1. The van der Waals surface area contributed by atoms with Crippen LogP contribution >= 0.6 is 23.2 Å². The van der Waals surface area contributed by atoms with Gasteiger partial charge in [0, 0.05) is 23.6 Å². The monoisotopic (exact) mass is 381 g/mol. The number of hydrogen-bond acceptors (Lipinski definition) is 4. The number of benzene rings is 1. The number of rotatable bonds is 2. The molecule has 25 heavy (non-hydrogen) atoms. The standard InChI is InChI=1S/C18H17Cl2NO4/c1-8-5-13-16(17(23)15(8)18(24)25-2)10(7-14(22)21-13)9-3-4-11(19)12(20)6-9/h3-4,6,8,10,15H,5,7H2,1-2H3,(H,21,22)/t8-,10-,15+/m1/s1. The predicted molar refractivity (Wildman–Crippen MR) is 93.3 cm³/mol. The third-order valence-electron chi connectivity index (χ3n) is 4.80. The Balaban J connectivity index is 2.08. The summed E-state index contributed by atoms with van der Waals surface area (Å²) in [4.78, 5) is 37.3. The van der Waals surface area contributed by atoms with Gasteiger partial charge in [-0.2, -0.15) is 0 Å². The summed E-state index contributed by atoms with van der Waals surface area (Å²) in [7, 11) is 1.27. The second-order valence-electron chi connectivity index (χ2n) is 6.42. The third-order valence-corrected chi connectivity index (χ3v) is 5.54. The molecule has 132 valence electrons. The summed E-state index contributed by atoms with van der Waals surface area (Å²) in [6.45, 7) is 1.80. The van der Waals surface area contributed by atoms with Crippen molar-refractivity contribution in [2.45, 2.75) is 25.7 Å². The van der Waals surface area contributed by atoms with Gasteiger partial charge in [0.25, 0.3) is 0 Å². The van der Waals surface area contributed by atoms with Crippen molar-refractivity contribution in [3.63, 3.8) is 0 Å². The smallest absolute Gasteiger partial charge is 0.316 e. The number of esters is 1. The fourth-order valence-electron chi connectivity index (χ4n) is 3.61. The minimum atomic E-state index is -0.857. The summed E-state index contributed by atoms with van der Waals surface area (Å²) in [5.74, 6) is -2.56. The SMILES string of the molecule is COC(=O)[C@@H]1C(=O)C2=C(C[C@H]1C)NC(=O)C[C@@H]2c1ccc(Cl)c(Cl)c1. The molecule has 0 saturated heterocycles. The maximum Gasteiger partial charge on any atom is 0.316 e. The van der Waals surface area contributed by atoms with E-state index in [0.29, 0.717) is 27.7 Å². The van der Waals surface area contributed by atoms with Gasteiger partial charge in [-0.25, -0.2) is 0 Å². The van der Waals surface area contributed by atoms with Gasteiger partial charge in [0.2, 0.25) is 5.91 Å². The molecule has 1 heterocycles. The molecule has 3 atom stereocenters. The van der Waals surface area contributed by atoms with Crippen LogP contribution in [0.5, 0.6) is 0 Å². The Morgan fingerprint density at radius 1 is 1.20 bits per heavy atom. The quantitative estimate of drug-likeness (QED) is 0.630. The number of Topliss-reactive ketones (excluding diaryl/α,β-unsaturated/α-hetero) is 1. The van der Waals surface area contributed by atoms with Crippen LogP contribution in [0.3, 0.4) is 0 Å². The molecule has 0 fully saturated rings. The van der Waals surface area contributed by atoms with Crippen molar-refractivity contribution in [1.29, 1.82) is 0 Å². The highest BCUT2D eigenvalue weighted by Gasteiger charge is 2.45. The summed E-state index contributed by atoms with van der Waals surface area (Å²) in [5.41, 5.74) is 1.78. The van der Waals surface area contributed by atoms with Gasteiger partial charge in [-0.15, -0.1) is 0 Å². The second kappa shape index (κ2) is 6.81. The van der Waals surface area contributed by atoms with Crippen LogP contribution in [0, 0.1) is 11.8 Å². The van der Waals surface area contributed by atoms with E-state index in [0.717, 1.165) is 5.56 Å². The fraction of sp³-hybridized carbons (Fsp3) is 0.389. The summed E-state index contributed by atoms with van der Waals surface area (Å²) in [6, 6.07) is 5.05. The normalized spacial score (nSPS) is 26.2. The molecule has 0 aromatic heterocycles. The second-order valence-corrected chi connectivity index (χ2v) is 7.23. The maximum atomic E-state index is 13.0. The van der Waals surface area contributed by atoms with E-state index in [2.05, 4.69) is 5.32 Å². The number of allylic oxidation sites excluding steroid dienone is 2. The van der Waals surface area contributed by atoms with Gasteiger partial charge in [-0.1, -0.05) is 36.2 Å². The van der Waals surface area contributed by atoms with E-state index in [1.54, 1.807) is 25.1 Å². The molecule has 1 N–H and O–H groups in total. The molecule has 3 rings (SSSR count). The Kier molecular flexibility index (Phi) is 4.89. The molecule has 5 nitrogen and oxygen atoms in total. The van der Waals surface area contributed by atoms with E-state index >= 15 is 0 Å². The molecule has 2 aliphatic rings. The lowest BCUT2D eigenvalue weighted by molar-refractivity contribution is -0.151. The lowest BCUT2D eigenvalue weighted by atomic mass is 9.70. The highest BCUT2D eigenvalue weighted by atomic mass is 35.5. The van der Waals surface area contributed by atoms with Gasteiger partial charge in [-0.05, 0) is 30.0 Å². The van der Waals surface area contributed by atoms with Gasteiger partial charge in [0.15, 0.2) is 5.78 Å². The molecule has 1 aliphatic carbocycles. The summed E-state index contributed by atoms with van der Waals surface area (Å²) >= 11 is 12.1. The largest absolute Gasteiger partial charge is 0.468 e. The Bertz CT molecular complexity index is 802. The van der Waals surface area contributed by atoms with Crippen LogP contribution in [0.4, 0.5) is 0 Å². The molecule has 7 heteroatoms. The molecule has 1 aromatic rings. The number of carbonyl (C=O) groups excluding carboxylic acids is 3. The van der Waals surface area contributed by atoms with Crippen molar-refractivity contribution in [1.82, 2.24) is 5.32 Å². The summed E-state index contributed by atoms with van der Waals surface area (Å²) < 4.78 is 4.80. The van der Waals surface area contributed by atoms with Crippen LogP contribution < -0.4 is 5.32 Å². The first-order valence-electron chi connectivity index (χ1n) is 7.93. The number of ether oxygens (including phenoxy) is 1. The average Bonchev–Trinajstić information content (AvgIpc) is 2.55. The van der Waals surface area contributed by atoms with Crippen LogP contribution in [-0.4, -0.2) is 24.8 Å². The van der Waals surface area contributed by atoms with Crippen LogP contribution in [-0.2, 0) is 19.1 Å². The van der Waals surface area contributed by atoms with Crippen molar-refractivity contribution in [2.75, 3.05) is 7.11 Å². The minimum Gasteiger partial charge on any atom is -0.468 e. The topological polar surface area (TPSA) is 72.5 Å². The van der Waals surface area contributed by atoms with Crippen LogP contribution in [0.2, 0.25) is 10.0 Å². The molecule has 0 spiro atoms. The molecule has 0 bridgehead atoms. The zero-order valence-corrected chi connectivity index (χ0v) is 15.3. The zero-order chi connectivity index (χ0) is 18.3. The molecule has 1 aromatic carbocycles. The summed E-state index contributed by atoms with van der Waals surface area (Å²) in [5, 5.41) is 3.55. The van der Waals surface area contributed by atoms with Gasteiger partial charge >= 0.3 is 5.97 Å². The van der Waals surface area contributed by atoms with Crippen molar-refractivity contribution in [3.8, 4) is 0 Å². The van der Waals surface area contributed by atoms with Crippen molar-refractivity contribution >= 4 is 40.9 Å². The number of methoxy groups -OCH3 is 1. The van der Waals surface area contributed by atoms with Gasteiger partial charge in [0.05, 0.1) is 17.2 Å². The third kappa shape index (κ3) is 3.18. The first-order valence-corrected chi connectivity index (χ1v) is 8.69. The Morgan fingerprint density at radius 3 is 2.56 bits per heavy atom. The predicted octanol–water partition coefficient (Wildman–Crippen LogP) is 3.25. The molecule has 0 saturated carbocycles. The number of ketones is 1. The molecular formula is C18H17Cl2NO4. The van der Waals surface area contributed by atoms with E-state index in [9.17, 15) is 14.4 Å². The number of halogens is 2. The Morgan fingerprint density at radius 2 is 1.92 bits per heavy atom. The van der Waals surface area contributed by atoms with Crippen LogP contribution in [0.25, 0.3) is 0 Å². The highest BCUT2D eigenvalue weighted by molar-refractivity contribution is 6.42. The van der Waals surface area contributed by atoms with E-state index in [-0.39, 0.29) is 24.0 Å².